The summed E-state index contributed by atoms with van der Waals surface area (Å²) >= 11 is 5.90. The lowest BCUT2D eigenvalue weighted by molar-refractivity contribution is -0.185. The lowest BCUT2D eigenvalue weighted by Gasteiger charge is -2.21. The third-order valence-corrected chi connectivity index (χ3v) is 7.49. The summed E-state index contributed by atoms with van der Waals surface area (Å²) in [5.74, 6) is -1.86. The molecule has 0 radical (unpaired) electrons. The molecule has 4 rings (SSSR count). The van der Waals surface area contributed by atoms with Crippen molar-refractivity contribution in [2.45, 2.75) is 30.3 Å². The molecule has 0 fully saturated rings. The summed E-state index contributed by atoms with van der Waals surface area (Å²) in [5, 5.41) is 0.645. The van der Waals surface area contributed by atoms with Gasteiger partial charge in [0.05, 0.1) is 4.90 Å². The van der Waals surface area contributed by atoms with E-state index < -0.39 is 22.1 Å². The van der Waals surface area contributed by atoms with Crippen LogP contribution in [0.2, 0.25) is 5.02 Å². The van der Waals surface area contributed by atoms with Gasteiger partial charge in [0.2, 0.25) is 0 Å². The summed E-state index contributed by atoms with van der Waals surface area (Å²) in [5.41, 5.74) is 3.79. The van der Waals surface area contributed by atoms with E-state index in [1.807, 2.05) is 12.1 Å². The van der Waals surface area contributed by atoms with Crippen molar-refractivity contribution < 1.29 is 26.4 Å². The topological polar surface area (TPSA) is 66.5 Å². The van der Waals surface area contributed by atoms with Crippen LogP contribution in [-0.4, -0.2) is 38.5 Å². The number of hydrogen-bond acceptors (Lipinski definition) is 3. The number of alkyl halides is 3. The molecule has 3 aromatic carbocycles. The first kappa shape index (κ1) is 25.1. The maximum atomic E-state index is 12.9. The fourth-order valence-electron chi connectivity index (χ4n) is 4.01. The Bertz CT molecular complexity index is 1330. The number of halogens is 4. The van der Waals surface area contributed by atoms with E-state index in [0.29, 0.717) is 22.7 Å². The second-order valence-electron chi connectivity index (χ2n) is 8.33. The molecule has 1 aliphatic heterocycles. The fraction of sp³-hybridized carbons (Fsp3) is 0.240. The summed E-state index contributed by atoms with van der Waals surface area (Å²) in [6.07, 6.45) is -3.82. The number of rotatable bonds is 5. The average molecular weight is 523 g/mol. The molecule has 0 unspecified atom stereocenters. The van der Waals surface area contributed by atoms with Gasteiger partial charge in [0.15, 0.2) is 0 Å². The predicted molar refractivity (Wildman–Crippen MR) is 128 cm³/mol. The van der Waals surface area contributed by atoms with Gasteiger partial charge in [-0.25, -0.2) is 8.42 Å². The van der Waals surface area contributed by atoms with Crippen molar-refractivity contribution in [2.75, 3.05) is 17.8 Å². The molecule has 184 valence electrons. The highest BCUT2D eigenvalue weighted by Crippen LogP contribution is 2.26. The van der Waals surface area contributed by atoms with Crippen LogP contribution in [0.4, 0.5) is 18.9 Å². The van der Waals surface area contributed by atoms with Gasteiger partial charge < -0.3 is 4.90 Å². The maximum absolute atomic E-state index is 12.9. The molecule has 1 N–H and O–H groups in total. The lowest BCUT2D eigenvalue weighted by Crippen LogP contribution is -2.42. The molecule has 10 heteroatoms. The Balaban J connectivity index is 1.44. The molecule has 3 aromatic rings. The summed E-state index contributed by atoms with van der Waals surface area (Å²) in [6, 6.07) is 18.8. The SMILES string of the molecule is O=C(N1CCc2ccc(NS(=O)(=O)c3ccc(Cc4ccc(Cl)cc4)cc3)cc2CC1)C(F)(F)F. The van der Waals surface area contributed by atoms with E-state index in [9.17, 15) is 26.4 Å². The zero-order chi connectivity index (χ0) is 25.2. The Morgan fingerprint density at radius 1 is 0.886 bits per heavy atom. The molecule has 35 heavy (non-hydrogen) atoms. The summed E-state index contributed by atoms with van der Waals surface area (Å²) in [4.78, 5) is 12.5. The monoisotopic (exact) mass is 522 g/mol. The molecule has 0 bridgehead atoms. The van der Waals surface area contributed by atoms with E-state index >= 15 is 0 Å². The highest BCUT2D eigenvalue weighted by Gasteiger charge is 2.42. The minimum absolute atomic E-state index is 0.0429. The van der Waals surface area contributed by atoms with Gasteiger partial charge in [-0.2, -0.15) is 13.2 Å². The van der Waals surface area contributed by atoms with Crippen molar-refractivity contribution in [2.24, 2.45) is 0 Å². The number of carbonyl (C=O) groups excluding carboxylic acids is 1. The van der Waals surface area contributed by atoms with Crippen LogP contribution in [0.5, 0.6) is 0 Å². The smallest absolute Gasteiger partial charge is 0.334 e. The van der Waals surface area contributed by atoms with E-state index in [4.69, 9.17) is 11.6 Å². The van der Waals surface area contributed by atoms with Gasteiger partial charge in [-0.3, -0.25) is 9.52 Å². The summed E-state index contributed by atoms with van der Waals surface area (Å²) in [6.45, 7) is -0.130. The zero-order valence-corrected chi connectivity index (χ0v) is 20.1. The first-order valence-corrected chi connectivity index (χ1v) is 12.7. The van der Waals surface area contributed by atoms with E-state index in [1.165, 1.54) is 12.1 Å². The second-order valence-corrected chi connectivity index (χ2v) is 10.4. The Morgan fingerprint density at radius 2 is 1.46 bits per heavy atom. The van der Waals surface area contributed by atoms with Crippen LogP contribution in [0.3, 0.4) is 0 Å². The number of benzene rings is 3. The predicted octanol–water partition coefficient (Wildman–Crippen LogP) is 5.22. The molecule has 0 atom stereocenters. The standard InChI is InChI=1S/C25H22ClF3N2O3S/c26-21-6-1-17(2-7-21)15-18-3-9-23(10-4-18)35(33,34)30-22-8-5-19-11-13-31(14-12-20(19)16-22)24(32)25(27,28)29/h1-10,16,30H,11-15H2. The molecular formula is C25H22ClF3N2O3S. The molecule has 0 spiro atoms. The zero-order valence-electron chi connectivity index (χ0n) is 18.5. The van der Waals surface area contributed by atoms with Crippen molar-refractivity contribution in [3.63, 3.8) is 0 Å². The van der Waals surface area contributed by atoms with Crippen LogP contribution in [-0.2, 0) is 34.1 Å². The number of fused-ring (bicyclic) bond motifs is 1. The van der Waals surface area contributed by atoms with Crippen LogP contribution in [0.25, 0.3) is 0 Å². The van der Waals surface area contributed by atoms with Gasteiger partial charge in [-0.1, -0.05) is 41.9 Å². The first-order valence-electron chi connectivity index (χ1n) is 10.9. The number of nitrogens with one attached hydrogen (secondary N) is 1. The molecule has 0 aliphatic carbocycles. The van der Waals surface area contributed by atoms with Crippen molar-refractivity contribution in [1.29, 1.82) is 0 Å². The molecule has 0 saturated heterocycles. The Kier molecular flexibility index (Phi) is 7.10. The summed E-state index contributed by atoms with van der Waals surface area (Å²) < 4.78 is 66.7. The number of nitrogens with zero attached hydrogens (tertiary/aromatic N) is 1. The van der Waals surface area contributed by atoms with Crippen molar-refractivity contribution in [3.05, 3.63) is 94.0 Å². The molecule has 1 aliphatic rings. The van der Waals surface area contributed by atoms with Gasteiger partial charge in [-0.15, -0.1) is 0 Å². The molecule has 0 saturated carbocycles. The molecule has 1 heterocycles. The fourth-order valence-corrected chi connectivity index (χ4v) is 5.19. The van der Waals surface area contributed by atoms with Gasteiger partial charge >= 0.3 is 12.1 Å². The number of amides is 1. The van der Waals surface area contributed by atoms with Gasteiger partial charge in [-0.05, 0) is 77.9 Å². The molecular weight excluding hydrogens is 501 g/mol. The minimum atomic E-state index is -4.91. The largest absolute Gasteiger partial charge is 0.471 e. The van der Waals surface area contributed by atoms with Gasteiger partial charge in [0, 0.05) is 23.8 Å². The number of anilines is 1. The van der Waals surface area contributed by atoms with E-state index in [2.05, 4.69) is 4.72 Å². The number of carbonyl (C=O) groups is 1. The van der Waals surface area contributed by atoms with Crippen LogP contribution in [0.15, 0.2) is 71.6 Å². The average Bonchev–Trinajstić information content (AvgIpc) is 3.02. The van der Waals surface area contributed by atoms with Crippen molar-refractivity contribution in [1.82, 2.24) is 4.90 Å². The third kappa shape index (κ3) is 6.15. The van der Waals surface area contributed by atoms with Crippen LogP contribution in [0.1, 0.15) is 22.3 Å². The van der Waals surface area contributed by atoms with Crippen molar-refractivity contribution >= 4 is 33.2 Å². The number of hydrogen-bond donors (Lipinski definition) is 1. The van der Waals surface area contributed by atoms with Gasteiger partial charge in [0.1, 0.15) is 0 Å². The minimum Gasteiger partial charge on any atom is -0.334 e. The highest BCUT2D eigenvalue weighted by molar-refractivity contribution is 7.92. The Morgan fingerprint density at radius 3 is 2.06 bits per heavy atom. The molecule has 1 amide bonds. The van der Waals surface area contributed by atoms with Crippen LogP contribution < -0.4 is 4.72 Å². The molecule has 0 aromatic heterocycles. The Labute approximate surface area is 206 Å². The Hall–Kier alpha value is -3.04. The van der Waals surface area contributed by atoms with E-state index in [-0.39, 0.29) is 30.8 Å². The maximum Gasteiger partial charge on any atom is 0.471 e. The van der Waals surface area contributed by atoms with E-state index in [0.717, 1.165) is 21.6 Å². The quantitative estimate of drug-likeness (QED) is 0.499. The molecule has 5 nitrogen and oxygen atoms in total. The lowest BCUT2D eigenvalue weighted by atomic mass is 10.0. The van der Waals surface area contributed by atoms with Gasteiger partial charge in [0.25, 0.3) is 10.0 Å². The highest BCUT2D eigenvalue weighted by atomic mass is 35.5. The van der Waals surface area contributed by atoms with Crippen molar-refractivity contribution in [3.8, 4) is 0 Å². The normalized spacial score (nSPS) is 14.2. The first-order chi connectivity index (χ1) is 16.5. The number of sulfonamides is 1. The summed E-state index contributed by atoms with van der Waals surface area (Å²) in [7, 11) is -3.87. The van der Waals surface area contributed by atoms with Crippen LogP contribution in [0, 0.1) is 0 Å². The third-order valence-electron chi connectivity index (χ3n) is 5.85. The second kappa shape index (κ2) is 9.91. The van der Waals surface area contributed by atoms with E-state index in [1.54, 1.807) is 42.5 Å². The van der Waals surface area contributed by atoms with Crippen LogP contribution >= 0.6 is 11.6 Å².